The van der Waals surface area contributed by atoms with Gasteiger partial charge in [0.05, 0.1) is 0 Å². The molecule has 0 aliphatic carbocycles. The van der Waals surface area contributed by atoms with E-state index in [1.165, 1.54) is 0 Å². The SMILES string of the molecule is O[SiH3].[O]=[Ti][OH]. The van der Waals surface area contributed by atoms with Crippen LogP contribution in [0.15, 0.2) is 0 Å². The second-order valence-electron chi connectivity index (χ2n) is 0.0913. The van der Waals surface area contributed by atoms with Crippen molar-refractivity contribution in [3.05, 3.63) is 0 Å². The quantitative estimate of drug-likeness (QED) is 0.358. The van der Waals surface area contributed by atoms with E-state index in [2.05, 4.69) is 0 Å². The van der Waals surface area contributed by atoms with E-state index in [0.717, 1.165) is 0 Å². The Morgan fingerprint density at radius 2 is 1.60 bits per heavy atom. The molecule has 0 aliphatic heterocycles. The summed E-state index contributed by atoms with van der Waals surface area (Å²) in [7, 11) is 0.306. The van der Waals surface area contributed by atoms with Crippen molar-refractivity contribution >= 4 is 10.5 Å². The van der Waals surface area contributed by atoms with Crippen LogP contribution in [0.4, 0.5) is 0 Å². The average Bonchev–Trinajstić information content (AvgIpc) is 1.46. The van der Waals surface area contributed by atoms with Gasteiger partial charge in [0.25, 0.3) is 0 Å². The summed E-state index contributed by atoms with van der Waals surface area (Å²) in [5.41, 5.74) is 0. The van der Waals surface area contributed by atoms with Crippen LogP contribution in [0.5, 0.6) is 0 Å². The van der Waals surface area contributed by atoms with Crippen molar-refractivity contribution in [2.24, 2.45) is 0 Å². The molecule has 5 heteroatoms. The first-order valence-corrected chi connectivity index (χ1v) is 3.11. The Kier molecular flexibility index (Phi) is 41.7. The van der Waals surface area contributed by atoms with E-state index in [1.54, 1.807) is 0 Å². The molecule has 0 spiro atoms. The molecule has 0 saturated heterocycles. The molecular weight excluding hydrogens is 124 g/mol. The topological polar surface area (TPSA) is 57.5 Å². The third kappa shape index (κ3) is 77.1. The van der Waals surface area contributed by atoms with E-state index < -0.39 is 19.5 Å². The van der Waals surface area contributed by atoms with Crippen LogP contribution in [0.1, 0.15) is 0 Å². The van der Waals surface area contributed by atoms with Crippen LogP contribution in [0.25, 0.3) is 0 Å². The second-order valence-corrected chi connectivity index (χ2v) is 0.376. The fourth-order valence-electron chi connectivity index (χ4n) is 0. The van der Waals surface area contributed by atoms with E-state index in [1.807, 2.05) is 0 Å². The number of hydrogen-bond donors (Lipinski definition) is 2. The van der Waals surface area contributed by atoms with Gasteiger partial charge in [-0.25, -0.2) is 0 Å². The third-order valence-electron chi connectivity index (χ3n) is 0. The molecular formula is H5O3SiTi. The van der Waals surface area contributed by atoms with Gasteiger partial charge in [-0.15, -0.1) is 0 Å². The Morgan fingerprint density at radius 1 is 1.60 bits per heavy atom. The molecule has 0 amide bonds. The van der Waals surface area contributed by atoms with E-state index >= 15 is 0 Å². The summed E-state index contributed by atoms with van der Waals surface area (Å²) in [4.78, 5) is 7.14. The molecule has 0 aliphatic rings. The van der Waals surface area contributed by atoms with Crippen molar-refractivity contribution in [2.75, 3.05) is 0 Å². The Morgan fingerprint density at radius 3 is 1.60 bits per heavy atom. The molecule has 3 nitrogen and oxygen atoms in total. The molecule has 0 fully saturated rings. The first-order valence-electron chi connectivity index (χ1n) is 0.875. The Balaban J connectivity index is 0. The summed E-state index contributed by atoms with van der Waals surface area (Å²) in [6.45, 7) is 0. The molecule has 5 heavy (non-hydrogen) atoms. The van der Waals surface area contributed by atoms with Crippen molar-refractivity contribution in [2.45, 2.75) is 0 Å². The van der Waals surface area contributed by atoms with Crippen LogP contribution in [-0.2, 0) is 22.8 Å². The molecule has 0 aromatic heterocycles. The molecule has 0 heterocycles. The van der Waals surface area contributed by atoms with Crippen LogP contribution in [0, 0.1) is 0 Å². The normalized spacial score (nSPS) is 3.60. The van der Waals surface area contributed by atoms with Gasteiger partial charge < -0.3 is 4.80 Å². The maximum atomic E-state index is 8.61. The second kappa shape index (κ2) is 22.7. The first kappa shape index (κ1) is 9.17. The Labute approximate surface area is 42.3 Å². The van der Waals surface area contributed by atoms with Crippen molar-refractivity contribution in [3.8, 4) is 0 Å². The summed E-state index contributed by atoms with van der Waals surface area (Å²) in [5, 5.41) is 0. The van der Waals surface area contributed by atoms with Crippen molar-refractivity contribution in [3.63, 3.8) is 0 Å². The molecule has 31 valence electrons. The molecule has 0 aromatic rings. The zero-order valence-electron chi connectivity index (χ0n) is 2.80. The van der Waals surface area contributed by atoms with Crippen LogP contribution >= 0.6 is 0 Å². The fourth-order valence-corrected chi connectivity index (χ4v) is 0. The van der Waals surface area contributed by atoms with Crippen LogP contribution in [-0.4, -0.2) is 19.0 Å². The summed E-state index contributed by atoms with van der Waals surface area (Å²) < 4.78 is 15.8. The number of rotatable bonds is 0. The van der Waals surface area contributed by atoms with Gasteiger partial charge in [0.15, 0.2) is 0 Å². The molecule has 0 rings (SSSR count). The summed E-state index contributed by atoms with van der Waals surface area (Å²) in [5.74, 6) is 0. The van der Waals surface area contributed by atoms with Crippen molar-refractivity contribution < 1.29 is 31.3 Å². The minimum absolute atomic E-state index is 0.306. The van der Waals surface area contributed by atoms with Gasteiger partial charge in [0, 0.05) is 0 Å². The van der Waals surface area contributed by atoms with E-state index in [0.29, 0.717) is 10.5 Å². The third-order valence-corrected chi connectivity index (χ3v) is 0. The predicted octanol–water partition coefficient (Wildman–Crippen LogP) is -2.42. The molecule has 0 bridgehead atoms. The van der Waals surface area contributed by atoms with Crippen LogP contribution in [0.2, 0.25) is 0 Å². The molecule has 2 N–H and O–H groups in total. The van der Waals surface area contributed by atoms with E-state index in [-0.39, 0.29) is 0 Å². The first-order chi connectivity index (χ1) is 2.41. The van der Waals surface area contributed by atoms with Crippen molar-refractivity contribution in [1.29, 1.82) is 0 Å². The van der Waals surface area contributed by atoms with E-state index in [4.69, 9.17) is 11.8 Å². The zero-order valence-corrected chi connectivity index (χ0v) is 6.36. The van der Waals surface area contributed by atoms with Gasteiger partial charge in [0.1, 0.15) is 10.5 Å². The summed E-state index contributed by atoms with van der Waals surface area (Å²) in [6.07, 6.45) is 0. The fraction of sp³-hybridized carbons (Fsp3) is 0. The Hall–Kier alpha value is 0.651. The monoisotopic (exact) mass is 129 g/mol. The zero-order chi connectivity index (χ0) is 4.71. The van der Waals surface area contributed by atoms with Gasteiger partial charge in [-0.2, -0.15) is 0 Å². The Bertz CT molecular complexity index is 14.4. The standard InChI is InChI=1S/H4OSi.H2O.O.Ti/c1-2;;;/h1H,2H3;1H2;;/q;;;+1/p-1. The van der Waals surface area contributed by atoms with E-state index in [9.17, 15) is 0 Å². The van der Waals surface area contributed by atoms with Crippen LogP contribution in [0.3, 0.4) is 0 Å². The molecule has 0 unspecified atom stereocenters. The van der Waals surface area contributed by atoms with Gasteiger partial charge >= 0.3 is 26.5 Å². The molecule has 0 aromatic carbocycles. The van der Waals surface area contributed by atoms with Gasteiger partial charge in [-0.1, -0.05) is 0 Å². The summed E-state index contributed by atoms with van der Waals surface area (Å²) >= 11 is -1.75. The van der Waals surface area contributed by atoms with Crippen LogP contribution < -0.4 is 0 Å². The average molecular weight is 129 g/mol. The molecule has 0 atom stereocenters. The van der Waals surface area contributed by atoms with Crippen molar-refractivity contribution in [1.82, 2.24) is 0 Å². The number of hydrogen-bond acceptors (Lipinski definition) is 2. The summed E-state index contributed by atoms with van der Waals surface area (Å²) in [6, 6.07) is 0. The molecule has 0 saturated carbocycles. The maximum absolute atomic E-state index is 8.61. The van der Waals surface area contributed by atoms with Gasteiger partial charge in [0.2, 0.25) is 0 Å². The van der Waals surface area contributed by atoms with Gasteiger partial charge in [-0.05, 0) is 0 Å². The predicted molar refractivity (Wildman–Crippen MR) is 15.1 cm³/mol. The van der Waals surface area contributed by atoms with Gasteiger partial charge in [-0.3, -0.25) is 0 Å². The molecule has 0 radical (unpaired) electrons. The minimum atomic E-state index is -1.75.